The summed E-state index contributed by atoms with van der Waals surface area (Å²) >= 11 is 0. The highest BCUT2D eigenvalue weighted by Crippen LogP contribution is 2.24. The Morgan fingerprint density at radius 2 is 2.19 bits per heavy atom. The molecule has 2 aliphatic rings. The van der Waals surface area contributed by atoms with Crippen molar-refractivity contribution in [2.24, 2.45) is 0 Å². The van der Waals surface area contributed by atoms with Crippen LogP contribution in [0.3, 0.4) is 0 Å². The quantitative estimate of drug-likeness (QED) is 0.833. The van der Waals surface area contributed by atoms with Gasteiger partial charge in [-0.25, -0.2) is 4.98 Å². The van der Waals surface area contributed by atoms with Crippen molar-refractivity contribution in [1.82, 2.24) is 10.3 Å². The summed E-state index contributed by atoms with van der Waals surface area (Å²) in [6.45, 7) is 2.91. The van der Waals surface area contributed by atoms with Gasteiger partial charge in [0.25, 0.3) is 0 Å². The van der Waals surface area contributed by atoms with E-state index in [0.717, 1.165) is 51.1 Å². The van der Waals surface area contributed by atoms with E-state index in [0.29, 0.717) is 5.56 Å². The molecule has 0 aromatic carbocycles. The first-order chi connectivity index (χ1) is 10.4. The highest BCUT2D eigenvalue weighted by atomic mass is 15.0. The third-order valence-electron chi connectivity index (χ3n) is 4.32. The Hall–Kier alpha value is -1.86. The fourth-order valence-electron chi connectivity index (χ4n) is 3.09. The van der Waals surface area contributed by atoms with Gasteiger partial charge in [-0.05, 0) is 56.7 Å². The van der Waals surface area contributed by atoms with E-state index in [4.69, 9.17) is 4.98 Å². The Bertz CT molecular complexity index is 583. The summed E-state index contributed by atoms with van der Waals surface area (Å²) in [5, 5.41) is 16.0. The highest BCUT2D eigenvalue weighted by Gasteiger charge is 2.15. The molecule has 21 heavy (non-hydrogen) atoms. The molecule has 4 heteroatoms. The van der Waals surface area contributed by atoms with Crippen molar-refractivity contribution in [3.05, 3.63) is 34.5 Å². The summed E-state index contributed by atoms with van der Waals surface area (Å²) in [7, 11) is 0. The molecule has 4 nitrogen and oxygen atoms in total. The second kappa shape index (κ2) is 6.73. The Balaban J connectivity index is 1.66. The largest absolute Gasteiger partial charge is 0.369 e. The van der Waals surface area contributed by atoms with Crippen molar-refractivity contribution >= 4 is 5.82 Å². The molecular weight excluding hydrogens is 260 g/mol. The lowest BCUT2D eigenvalue weighted by molar-refractivity contribution is 0.667. The lowest BCUT2D eigenvalue weighted by atomic mass is 9.95. The second-order valence-electron chi connectivity index (χ2n) is 5.80. The van der Waals surface area contributed by atoms with Gasteiger partial charge in [-0.15, -0.1) is 0 Å². The van der Waals surface area contributed by atoms with Gasteiger partial charge in [0.1, 0.15) is 11.9 Å². The van der Waals surface area contributed by atoms with Crippen molar-refractivity contribution in [1.29, 1.82) is 5.26 Å². The van der Waals surface area contributed by atoms with E-state index >= 15 is 0 Å². The molecule has 110 valence electrons. The van der Waals surface area contributed by atoms with Crippen molar-refractivity contribution in [2.75, 3.05) is 25.0 Å². The molecule has 2 N–H and O–H groups in total. The zero-order chi connectivity index (χ0) is 14.5. The summed E-state index contributed by atoms with van der Waals surface area (Å²) < 4.78 is 0. The monoisotopic (exact) mass is 282 g/mol. The number of rotatable bonds is 4. The van der Waals surface area contributed by atoms with Gasteiger partial charge in [0.2, 0.25) is 0 Å². The molecule has 1 aliphatic heterocycles. The normalized spacial score (nSPS) is 17.6. The Morgan fingerprint density at radius 3 is 3.00 bits per heavy atom. The maximum Gasteiger partial charge on any atom is 0.144 e. The molecule has 1 aromatic rings. The first-order valence-electron chi connectivity index (χ1n) is 7.92. The molecule has 3 rings (SSSR count). The molecule has 0 spiro atoms. The predicted octanol–water partition coefficient (Wildman–Crippen LogP) is 2.55. The first-order valence-corrected chi connectivity index (χ1v) is 7.92. The number of nitriles is 1. The van der Waals surface area contributed by atoms with Crippen LogP contribution < -0.4 is 10.6 Å². The molecule has 0 bridgehead atoms. The molecule has 0 fully saturated rings. The highest BCUT2D eigenvalue weighted by molar-refractivity contribution is 5.54. The number of hydrogen-bond acceptors (Lipinski definition) is 4. The van der Waals surface area contributed by atoms with Crippen LogP contribution in [0.25, 0.3) is 0 Å². The molecule has 1 aliphatic carbocycles. The predicted molar refractivity (Wildman–Crippen MR) is 84.3 cm³/mol. The fourth-order valence-corrected chi connectivity index (χ4v) is 3.09. The minimum atomic E-state index is 0.690. The standard InChI is InChI=1S/C17H22N4/c18-12-15-11-14-3-1-2-4-16(14)21-17(15)20-10-7-13-5-8-19-9-6-13/h5,11,19H,1-4,6-10H2,(H,20,21). The number of hydrogen-bond donors (Lipinski definition) is 2. The van der Waals surface area contributed by atoms with Crippen molar-refractivity contribution in [2.45, 2.75) is 38.5 Å². The van der Waals surface area contributed by atoms with E-state index < -0.39 is 0 Å². The number of nitrogens with zero attached hydrogens (tertiary/aromatic N) is 2. The lowest BCUT2D eigenvalue weighted by Crippen LogP contribution is -2.21. The van der Waals surface area contributed by atoms with Crippen LogP contribution in [-0.4, -0.2) is 24.6 Å². The first kappa shape index (κ1) is 14.1. The zero-order valence-electron chi connectivity index (χ0n) is 12.4. The van der Waals surface area contributed by atoms with Gasteiger partial charge in [0.15, 0.2) is 0 Å². The average Bonchev–Trinajstić information content (AvgIpc) is 2.55. The summed E-state index contributed by atoms with van der Waals surface area (Å²) in [5.74, 6) is 0.771. The minimum absolute atomic E-state index is 0.690. The average molecular weight is 282 g/mol. The minimum Gasteiger partial charge on any atom is -0.369 e. The van der Waals surface area contributed by atoms with Gasteiger partial charge in [-0.3, -0.25) is 0 Å². The van der Waals surface area contributed by atoms with E-state index in [1.807, 2.05) is 6.07 Å². The number of fused-ring (bicyclic) bond motifs is 1. The maximum absolute atomic E-state index is 9.32. The number of anilines is 1. The second-order valence-corrected chi connectivity index (χ2v) is 5.80. The molecule has 0 saturated heterocycles. The number of aromatic nitrogens is 1. The van der Waals surface area contributed by atoms with Crippen LogP contribution in [0.5, 0.6) is 0 Å². The smallest absolute Gasteiger partial charge is 0.144 e. The zero-order valence-corrected chi connectivity index (χ0v) is 12.4. The summed E-state index contributed by atoms with van der Waals surface area (Å²) in [5.41, 5.74) is 4.64. The van der Waals surface area contributed by atoms with Crippen LogP contribution in [0.1, 0.15) is 42.5 Å². The van der Waals surface area contributed by atoms with Crippen molar-refractivity contribution in [3.8, 4) is 6.07 Å². The van der Waals surface area contributed by atoms with E-state index in [9.17, 15) is 5.26 Å². The molecular formula is C17H22N4. The van der Waals surface area contributed by atoms with Gasteiger partial charge >= 0.3 is 0 Å². The Kier molecular flexibility index (Phi) is 4.52. The van der Waals surface area contributed by atoms with E-state index in [2.05, 4.69) is 22.8 Å². The van der Waals surface area contributed by atoms with Crippen LogP contribution in [0, 0.1) is 11.3 Å². The van der Waals surface area contributed by atoms with Gasteiger partial charge in [0.05, 0.1) is 5.56 Å². The van der Waals surface area contributed by atoms with Crippen LogP contribution >= 0.6 is 0 Å². The van der Waals surface area contributed by atoms with Crippen molar-refractivity contribution < 1.29 is 0 Å². The molecule has 2 heterocycles. The van der Waals surface area contributed by atoms with Gasteiger partial charge < -0.3 is 10.6 Å². The van der Waals surface area contributed by atoms with Crippen molar-refractivity contribution in [3.63, 3.8) is 0 Å². The molecule has 0 atom stereocenters. The number of aryl methyl sites for hydroxylation is 2. The fraction of sp³-hybridized carbons (Fsp3) is 0.529. The maximum atomic E-state index is 9.32. The third-order valence-corrected chi connectivity index (χ3v) is 4.32. The van der Waals surface area contributed by atoms with E-state index in [1.54, 1.807) is 0 Å². The van der Waals surface area contributed by atoms with Crippen LogP contribution in [-0.2, 0) is 12.8 Å². The molecule has 0 saturated carbocycles. The summed E-state index contributed by atoms with van der Waals surface area (Å²) in [6, 6.07) is 4.32. The molecule has 0 radical (unpaired) electrons. The molecule has 0 unspecified atom stereocenters. The lowest BCUT2D eigenvalue weighted by Gasteiger charge is -2.18. The van der Waals surface area contributed by atoms with Crippen LogP contribution in [0.2, 0.25) is 0 Å². The Morgan fingerprint density at radius 1 is 1.29 bits per heavy atom. The van der Waals surface area contributed by atoms with Gasteiger partial charge in [0, 0.05) is 18.8 Å². The summed E-state index contributed by atoms with van der Waals surface area (Å²) in [6.07, 6.45) is 8.98. The topological polar surface area (TPSA) is 60.7 Å². The number of pyridine rings is 1. The summed E-state index contributed by atoms with van der Waals surface area (Å²) in [4.78, 5) is 4.70. The van der Waals surface area contributed by atoms with Gasteiger partial charge in [-0.1, -0.05) is 11.6 Å². The third kappa shape index (κ3) is 3.43. The van der Waals surface area contributed by atoms with E-state index in [1.165, 1.54) is 29.7 Å². The SMILES string of the molecule is N#Cc1cc2c(nc1NCCC1=CCNCC1)CCCC2. The van der Waals surface area contributed by atoms with Crippen LogP contribution in [0.15, 0.2) is 17.7 Å². The molecule has 0 amide bonds. The number of nitrogens with one attached hydrogen (secondary N) is 2. The van der Waals surface area contributed by atoms with Gasteiger partial charge in [-0.2, -0.15) is 5.26 Å². The van der Waals surface area contributed by atoms with Crippen LogP contribution in [0.4, 0.5) is 5.82 Å². The molecule has 1 aromatic heterocycles. The Labute approximate surface area is 126 Å². The van der Waals surface area contributed by atoms with E-state index in [-0.39, 0.29) is 0 Å².